The lowest BCUT2D eigenvalue weighted by Gasteiger charge is -2.21. The molecule has 3 heteroatoms. The van der Waals surface area contributed by atoms with E-state index < -0.39 is 11.6 Å². The molecule has 0 bridgehead atoms. The Morgan fingerprint density at radius 3 is 2.60 bits per heavy atom. The van der Waals surface area contributed by atoms with Crippen LogP contribution in [0.15, 0.2) is 18.2 Å². The fourth-order valence-electron chi connectivity index (χ4n) is 1.65. The van der Waals surface area contributed by atoms with Gasteiger partial charge in [-0.25, -0.2) is 8.78 Å². The first-order chi connectivity index (χ1) is 7.01. The second-order valence-corrected chi connectivity index (χ2v) is 4.64. The quantitative estimate of drug-likeness (QED) is 0.806. The number of anilines is 1. The van der Waals surface area contributed by atoms with Gasteiger partial charge in [0.2, 0.25) is 0 Å². The first-order valence-corrected chi connectivity index (χ1v) is 5.23. The van der Waals surface area contributed by atoms with Crippen molar-refractivity contribution in [3.8, 4) is 0 Å². The Balaban J connectivity index is 2.13. The normalized spacial score (nSPS) is 19.7. The third kappa shape index (κ3) is 2.11. The van der Waals surface area contributed by atoms with Gasteiger partial charge in [0, 0.05) is 6.04 Å². The van der Waals surface area contributed by atoms with Crippen LogP contribution in [0.5, 0.6) is 0 Å². The zero-order valence-corrected chi connectivity index (χ0v) is 8.98. The van der Waals surface area contributed by atoms with Gasteiger partial charge in [0.05, 0.1) is 5.69 Å². The van der Waals surface area contributed by atoms with E-state index >= 15 is 0 Å². The molecule has 1 fully saturated rings. The largest absolute Gasteiger partial charge is 0.380 e. The maximum atomic E-state index is 13.3. The average molecular weight is 211 g/mol. The van der Waals surface area contributed by atoms with Crippen molar-refractivity contribution in [3.05, 3.63) is 29.8 Å². The molecule has 1 saturated carbocycles. The van der Waals surface area contributed by atoms with Crippen LogP contribution in [0.25, 0.3) is 0 Å². The van der Waals surface area contributed by atoms with E-state index in [0.717, 1.165) is 25.0 Å². The molecule has 1 aliphatic carbocycles. The molecule has 0 saturated heterocycles. The molecule has 0 aliphatic heterocycles. The zero-order valence-electron chi connectivity index (χ0n) is 8.98. The standard InChI is InChI=1S/C12H15F2N/c1-8(12(2)5-6-12)15-11-7-9(13)3-4-10(11)14/h3-4,7-8,15H,5-6H2,1-2H3. The van der Waals surface area contributed by atoms with E-state index in [1.54, 1.807) is 0 Å². The third-order valence-electron chi connectivity index (χ3n) is 3.38. The second-order valence-electron chi connectivity index (χ2n) is 4.64. The van der Waals surface area contributed by atoms with Crippen LogP contribution in [0.4, 0.5) is 14.5 Å². The molecular formula is C12H15F2N. The molecule has 1 N–H and O–H groups in total. The van der Waals surface area contributed by atoms with Gasteiger partial charge in [-0.05, 0) is 43.4 Å². The predicted octanol–water partition coefficient (Wildman–Crippen LogP) is 3.57. The molecule has 1 atom stereocenters. The third-order valence-corrected chi connectivity index (χ3v) is 3.38. The summed E-state index contributed by atoms with van der Waals surface area (Å²) >= 11 is 0. The van der Waals surface area contributed by atoms with E-state index in [-0.39, 0.29) is 17.1 Å². The minimum absolute atomic E-state index is 0.175. The Kier molecular flexibility index (Phi) is 2.41. The SMILES string of the molecule is CC(Nc1cc(F)ccc1F)C1(C)CC1. The molecule has 2 rings (SSSR count). The van der Waals surface area contributed by atoms with Gasteiger partial charge in [-0.1, -0.05) is 6.92 Å². The van der Waals surface area contributed by atoms with Gasteiger partial charge in [0.15, 0.2) is 0 Å². The van der Waals surface area contributed by atoms with Crippen molar-refractivity contribution in [2.75, 3.05) is 5.32 Å². The van der Waals surface area contributed by atoms with E-state index in [4.69, 9.17) is 0 Å². The summed E-state index contributed by atoms with van der Waals surface area (Å²) in [4.78, 5) is 0. The highest BCUT2D eigenvalue weighted by molar-refractivity contribution is 5.46. The van der Waals surface area contributed by atoms with Crippen molar-refractivity contribution in [1.82, 2.24) is 0 Å². The smallest absolute Gasteiger partial charge is 0.146 e. The van der Waals surface area contributed by atoms with Gasteiger partial charge in [0.1, 0.15) is 11.6 Å². The van der Waals surface area contributed by atoms with Crippen molar-refractivity contribution in [2.45, 2.75) is 32.7 Å². The molecule has 1 aromatic carbocycles. The van der Waals surface area contributed by atoms with Crippen molar-refractivity contribution in [2.24, 2.45) is 5.41 Å². The first kappa shape index (κ1) is 10.4. The Morgan fingerprint density at radius 2 is 2.00 bits per heavy atom. The molecule has 0 radical (unpaired) electrons. The van der Waals surface area contributed by atoms with Crippen LogP contribution in [0.1, 0.15) is 26.7 Å². The maximum absolute atomic E-state index is 13.3. The highest BCUT2D eigenvalue weighted by Gasteiger charge is 2.42. The number of hydrogen-bond acceptors (Lipinski definition) is 1. The fraction of sp³-hybridized carbons (Fsp3) is 0.500. The van der Waals surface area contributed by atoms with Gasteiger partial charge < -0.3 is 5.32 Å². The summed E-state index contributed by atoms with van der Waals surface area (Å²) in [5.41, 5.74) is 0.509. The summed E-state index contributed by atoms with van der Waals surface area (Å²) in [6.45, 7) is 4.17. The summed E-state index contributed by atoms with van der Waals surface area (Å²) in [6, 6.07) is 3.66. The summed E-state index contributed by atoms with van der Waals surface area (Å²) in [7, 11) is 0. The van der Waals surface area contributed by atoms with Gasteiger partial charge in [-0.3, -0.25) is 0 Å². The molecule has 1 unspecified atom stereocenters. The molecule has 0 spiro atoms. The molecule has 0 aromatic heterocycles. The van der Waals surface area contributed by atoms with Crippen LogP contribution in [0, 0.1) is 17.0 Å². The predicted molar refractivity (Wildman–Crippen MR) is 56.8 cm³/mol. The molecule has 0 amide bonds. The average Bonchev–Trinajstić information content (AvgIpc) is 2.91. The fourth-order valence-corrected chi connectivity index (χ4v) is 1.65. The van der Waals surface area contributed by atoms with Crippen LogP contribution in [0.2, 0.25) is 0 Å². The number of nitrogens with one attached hydrogen (secondary N) is 1. The molecule has 15 heavy (non-hydrogen) atoms. The van der Waals surface area contributed by atoms with Crippen LogP contribution in [-0.4, -0.2) is 6.04 Å². The second kappa shape index (κ2) is 3.47. The highest BCUT2D eigenvalue weighted by atomic mass is 19.1. The van der Waals surface area contributed by atoms with Gasteiger partial charge >= 0.3 is 0 Å². The van der Waals surface area contributed by atoms with Gasteiger partial charge in [-0.15, -0.1) is 0 Å². The van der Waals surface area contributed by atoms with Crippen molar-refractivity contribution in [1.29, 1.82) is 0 Å². The van der Waals surface area contributed by atoms with Crippen LogP contribution < -0.4 is 5.32 Å². The molecule has 0 heterocycles. The van der Waals surface area contributed by atoms with Crippen molar-refractivity contribution in [3.63, 3.8) is 0 Å². The van der Waals surface area contributed by atoms with E-state index in [1.165, 1.54) is 6.07 Å². The summed E-state index contributed by atoms with van der Waals surface area (Å²) in [6.07, 6.45) is 2.30. The van der Waals surface area contributed by atoms with Crippen LogP contribution in [-0.2, 0) is 0 Å². The van der Waals surface area contributed by atoms with Gasteiger partial charge in [-0.2, -0.15) is 0 Å². The number of hydrogen-bond donors (Lipinski definition) is 1. The molecule has 1 aliphatic rings. The Labute approximate surface area is 88.5 Å². The van der Waals surface area contributed by atoms with Gasteiger partial charge in [0.25, 0.3) is 0 Å². The molecule has 1 aromatic rings. The number of benzene rings is 1. The van der Waals surface area contributed by atoms with Crippen LogP contribution in [0.3, 0.4) is 0 Å². The number of rotatable bonds is 3. The first-order valence-electron chi connectivity index (χ1n) is 5.23. The Hall–Kier alpha value is -1.12. The summed E-state index contributed by atoms with van der Waals surface area (Å²) < 4.78 is 26.2. The molecular weight excluding hydrogens is 196 g/mol. The summed E-state index contributed by atoms with van der Waals surface area (Å²) in [5.74, 6) is -0.806. The monoisotopic (exact) mass is 211 g/mol. The van der Waals surface area contributed by atoms with E-state index in [0.29, 0.717) is 0 Å². The van der Waals surface area contributed by atoms with Crippen LogP contribution >= 0.6 is 0 Å². The Morgan fingerprint density at radius 1 is 1.33 bits per heavy atom. The minimum atomic E-state index is -0.410. The van der Waals surface area contributed by atoms with E-state index in [2.05, 4.69) is 12.2 Å². The lowest BCUT2D eigenvalue weighted by atomic mass is 10.0. The minimum Gasteiger partial charge on any atom is -0.380 e. The summed E-state index contributed by atoms with van der Waals surface area (Å²) in [5, 5.41) is 3.04. The Bertz CT molecular complexity index is 372. The number of halogens is 2. The topological polar surface area (TPSA) is 12.0 Å². The molecule has 1 nitrogen and oxygen atoms in total. The van der Waals surface area contributed by atoms with Crippen molar-refractivity contribution >= 4 is 5.69 Å². The molecule has 82 valence electrons. The lowest BCUT2D eigenvalue weighted by molar-refractivity contribution is 0.489. The zero-order chi connectivity index (χ0) is 11.1. The van der Waals surface area contributed by atoms with E-state index in [1.807, 2.05) is 6.92 Å². The maximum Gasteiger partial charge on any atom is 0.146 e. The highest BCUT2D eigenvalue weighted by Crippen LogP contribution is 2.48. The van der Waals surface area contributed by atoms with E-state index in [9.17, 15) is 8.78 Å². The lowest BCUT2D eigenvalue weighted by Crippen LogP contribution is -2.25. The van der Waals surface area contributed by atoms with Crippen molar-refractivity contribution < 1.29 is 8.78 Å².